The molecule has 2 aromatic carbocycles. The molecule has 0 radical (unpaired) electrons. The first-order valence-electron chi connectivity index (χ1n) is 11.1. The number of amides is 1. The van der Waals surface area contributed by atoms with Crippen molar-refractivity contribution in [2.45, 2.75) is 33.7 Å². The van der Waals surface area contributed by atoms with E-state index < -0.39 is 23.5 Å². The van der Waals surface area contributed by atoms with Gasteiger partial charge in [-0.05, 0) is 74.7 Å². The number of ketones is 1. The van der Waals surface area contributed by atoms with Crippen LogP contribution in [-0.4, -0.2) is 29.9 Å². The van der Waals surface area contributed by atoms with Crippen LogP contribution < -0.4 is 9.80 Å². The number of aliphatic hydroxyl groups is 1. The lowest BCUT2D eigenvalue weighted by atomic mass is 9.94. The zero-order valence-corrected chi connectivity index (χ0v) is 19.3. The summed E-state index contributed by atoms with van der Waals surface area (Å²) in [5.41, 5.74) is 4.32. The van der Waals surface area contributed by atoms with E-state index in [0.717, 1.165) is 35.5 Å². The molecule has 0 saturated carbocycles. The fraction of sp³-hybridized carbons (Fsp3) is 0.259. The number of hydrogen-bond donors (Lipinski definition) is 1. The average Bonchev–Trinajstić information content (AvgIpc) is 3.44. The van der Waals surface area contributed by atoms with Crippen LogP contribution in [0.3, 0.4) is 0 Å². The molecular weight excluding hydrogens is 416 g/mol. The highest BCUT2D eigenvalue weighted by Crippen LogP contribution is 2.43. The van der Waals surface area contributed by atoms with E-state index in [2.05, 4.69) is 18.7 Å². The minimum atomic E-state index is -0.777. The van der Waals surface area contributed by atoms with Crippen LogP contribution in [-0.2, 0) is 4.79 Å². The first kappa shape index (κ1) is 22.4. The second-order valence-corrected chi connectivity index (χ2v) is 8.20. The fourth-order valence-corrected chi connectivity index (χ4v) is 4.38. The van der Waals surface area contributed by atoms with Crippen molar-refractivity contribution in [2.75, 3.05) is 22.9 Å². The number of rotatable bonds is 7. The van der Waals surface area contributed by atoms with Crippen molar-refractivity contribution in [1.82, 2.24) is 0 Å². The van der Waals surface area contributed by atoms with Gasteiger partial charge in [0.25, 0.3) is 5.91 Å². The molecule has 1 unspecified atom stereocenters. The number of aryl methyl sites for hydroxylation is 2. The molecule has 1 aliphatic heterocycles. The van der Waals surface area contributed by atoms with Crippen LogP contribution in [0.5, 0.6) is 0 Å². The lowest BCUT2D eigenvalue weighted by Gasteiger charge is -2.29. The molecule has 0 fully saturated rings. The van der Waals surface area contributed by atoms with E-state index in [4.69, 9.17) is 4.42 Å². The van der Waals surface area contributed by atoms with Crippen LogP contribution in [0.15, 0.2) is 76.6 Å². The predicted molar refractivity (Wildman–Crippen MR) is 129 cm³/mol. The fourth-order valence-electron chi connectivity index (χ4n) is 4.38. The van der Waals surface area contributed by atoms with Gasteiger partial charge in [-0.15, -0.1) is 0 Å². The van der Waals surface area contributed by atoms with Gasteiger partial charge in [0.1, 0.15) is 0 Å². The minimum Gasteiger partial charge on any atom is -0.503 e. The molecule has 33 heavy (non-hydrogen) atoms. The topological polar surface area (TPSA) is 74.0 Å². The summed E-state index contributed by atoms with van der Waals surface area (Å²) in [5, 5.41) is 10.9. The molecule has 0 aliphatic carbocycles. The number of nitrogens with zero attached hydrogens (tertiary/aromatic N) is 2. The van der Waals surface area contributed by atoms with Crippen molar-refractivity contribution >= 4 is 23.1 Å². The van der Waals surface area contributed by atoms with Gasteiger partial charge in [-0.1, -0.05) is 24.3 Å². The number of aliphatic hydroxyl groups excluding tert-OH is 1. The average molecular weight is 445 g/mol. The van der Waals surface area contributed by atoms with E-state index >= 15 is 0 Å². The molecule has 1 amide bonds. The molecule has 1 aliphatic rings. The van der Waals surface area contributed by atoms with E-state index in [1.807, 2.05) is 56.3 Å². The van der Waals surface area contributed by atoms with Gasteiger partial charge in [0, 0.05) is 24.5 Å². The van der Waals surface area contributed by atoms with Gasteiger partial charge in [-0.25, -0.2) is 0 Å². The Morgan fingerprint density at radius 2 is 1.76 bits per heavy atom. The van der Waals surface area contributed by atoms with Crippen molar-refractivity contribution in [3.8, 4) is 0 Å². The third-order valence-corrected chi connectivity index (χ3v) is 6.16. The van der Waals surface area contributed by atoms with E-state index in [1.165, 1.54) is 17.2 Å². The highest BCUT2D eigenvalue weighted by Gasteiger charge is 2.45. The smallest absolute Gasteiger partial charge is 0.294 e. The molecule has 6 nitrogen and oxygen atoms in total. The number of benzene rings is 2. The highest BCUT2D eigenvalue weighted by molar-refractivity contribution is 6.20. The molecule has 3 aromatic rings. The lowest BCUT2D eigenvalue weighted by Crippen LogP contribution is -2.31. The monoisotopic (exact) mass is 444 g/mol. The Hall–Kier alpha value is -3.80. The van der Waals surface area contributed by atoms with Crippen molar-refractivity contribution in [3.05, 3.63) is 94.6 Å². The second kappa shape index (κ2) is 8.98. The first-order chi connectivity index (χ1) is 15.9. The van der Waals surface area contributed by atoms with Crippen LogP contribution >= 0.6 is 0 Å². The van der Waals surface area contributed by atoms with Crippen molar-refractivity contribution in [2.24, 2.45) is 0 Å². The lowest BCUT2D eigenvalue weighted by molar-refractivity contribution is -0.117. The molecule has 2 heterocycles. The van der Waals surface area contributed by atoms with Crippen LogP contribution in [0.1, 0.15) is 47.1 Å². The normalized spacial score (nSPS) is 15.9. The summed E-state index contributed by atoms with van der Waals surface area (Å²) in [5.74, 6) is -1.57. The Morgan fingerprint density at radius 3 is 2.36 bits per heavy atom. The SMILES string of the molecule is CCN(CC)c1ccc(C2C(C(=O)c3ccco3)=C(O)C(=O)N2c2cc(C)ccc2C)cc1. The summed E-state index contributed by atoms with van der Waals surface area (Å²) in [6, 6.07) is 16.0. The second-order valence-electron chi connectivity index (χ2n) is 8.20. The standard InChI is InChI=1S/C27H28N2O4/c1-5-28(6-2)20-13-11-19(12-14-20)24-23(25(30)22-8-7-15-33-22)26(31)27(32)29(24)21-16-17(3)9-10-18(21)4/h7-16,24,31H,5-6H2,1-4H3. The van der Waals surface area contributed by atoms with Gasteiger partial charge < -0.3 is 14.4 Å². The maximum absolute atomic E-state index is 13.3. The Balaban J connectivity index is 1.87. The number of carbonyl (C=O) groups is 2. The number of anilines is 2. The molecule has 1 N–H and O–H groups in total. The van der Waals surface area contributed by atoms with Gasteiger partial charge in [-0.2, -0.15) is 0 Å². The molecule has 1 atom stereocenters. The Kier molecular flexibility index (Phi) is 6.09. The van der Waals surface area contributed by atoms with Crippen LogP contribution in [0.25, 0.3) is 0 Å². The van der Waals surface area contributed by atoms with Gasteiger partial charge >= 0.3 is 0 Å². The van der Waals surface area contributed by atoms with Gasteiger partial charge in [-0.3, -0.25) is 14.5 Å². The molecular formula is C27H28N2O4. The Bertz CT molecular complexity index is 1210. The summed E-state index contributed by atoms with van der Waals surface area (Å²) in [6.07, 6.45) is 1.40. The Morgan fingerprint density at radius 1 is 1.06 bits per heavy atom. The molecule has 6 heteroatoms. The Labute approximate surface area is 193 Å². The minimum absolute atomic E-state index is 0.0199. The zero-order valence-electron chi connectivity index (χ0n) is 19.3. The predicted octanol–water partition coefficient (Wildman–Crippen LogP) is 5.53. The molecule has 0 saturated heterocycles. The molecule has 1 aromatic heterocycles. The highest BCUT2D eigenvalue weighted by atomic mass is 16.3. The summed E-state index contributed by atoms with van der Waals surface area (Å²) in [7, 11) is 0. The van der Waals surface area contributed by atoms with E-state index in [-0.39, 0.29) is 11.3 Å². The molecule has 0 spiro atoms. The third-order valence-electron chi connectivity index (χ3n) is 6.16. The van der Waals surface area contributed by atoms with E-state index in [9.17, 15) is 14.7 Å². The van der Waals surface area contributed by atoms with E-state index in [1.54, 1.807) is 6.07 Å². The molecule has 170 valence electrons. The molecule has 0 bridgehead atoms. The summed E-state index contributed by atoms with van der Waals surface area (Å²) in [6.45, 7) is 9.78. The maximum atomic E-state index is 13.3. The number of Topliss-reactive ketones (excluding diaryl/α,β-unsaturated/α-hetero) is 1. The zero-order chi connectivity index (χ0) is 23.7. The first-order valence-corrected chi connectivity index (χ1v) is 11.1. The maximum Gasteiger partial charge on any atom is 0.294 e. The van der Waals surface area contributed by atoms with Gasteiger partial charge in [0.2, 0.25) is 5.78 Å². The summed E-state index contributed by atoms with van der Waals surface area (Å²) < 4.78 is 5.31. The van der Waals surface area contributed by atoms with Crippen LogP contribution in [0, 0.1) is 13.8 Å². The number of carbonyl (C=O) groups excluding carboxylic acids is 2. The van der Waals surface area contributed by atoms with Gasteiger partial charge in [0.15, 0.2) is 11.5 Å². The quantitative estimate of drug-likeness (QED) is 0.485. The largest absolute Gasteiger partial charge is 0.503 e. The molecule has 4 rings (SSSR count). The van der Waals surface area contributed by atoms with E-state index in [0.29, 0.717) is 5.69 Å². The van der Waals surface area contributed by atoms with Crippen molar-refractivity contribution in [3.63, 3.8) is 0 Å². The number of hydrogen-bond acceptors (Lipinski definition) is 5. The third kappa shape index (κ3) is 3.93. The summed E-state index contributed by atoms with van der Waals surface area (Å²) >= 11 is 0. The summed E-state index contributed by atoms with van der Waals surface area (Å²) in [4.78, 5) is 30.4. The van der Waals surface area contributed by atoms with Crippen molar-refractivity contribution < 1.29 is 19.1 Å². The van der Waals surface area contributed by atoms with Crippen LogP contribution in [0.2, 0.25) is 0 Å². The number of furan rings is 1. The van der Waals surface area contributed by atoms with Crippen LogP contribution in [0.4, 0.5) is 11.4 Å². The van der Waals surface area contributed by atoms with Gasteiger partial charge in [0.05, 0.1) is 17.9 Å². The van der Waals surface area contributed by atoms with Crippen molar-refractivity contribution in [1.29, 1.82) is 0 Å².